The van der Waals surface area contributed by atoms with E-state index in [4.69, 9.17) is 5.73 Å². The van der Waals surface area contributed by atoms with Gasteiger partial charge in [-0.3, -0.25) is 4.68 Å². The summed E-state index contributed by atoms with van der Waals surface area (Å²) in [6.07, 6.45) is 1.82. The van der Waals surface area contributed by atoms with Crippen LogP contribution in [0.4, 0.5) is 5.69 Å². The van der Waals surface area contributed by atoms with E-state index >= 15 is 0 Å². The Bertz CT molecular complexity index is 471. The average molecular weight is 201 g/mol. The zero-order valence-corrected chi connectivity index (χ0v) is 9.07. The number of hydrogen-bond acceptors (Lipinski definition) is 2. The van der Waals surface area contributed by atoms with Gasteiger partial charge in [-0.15, -0.1) is 0 Å². The number of aromatic nitrogens is 2. The van der Waals surface area contributed by atoms with Gasteiger partial charge >= 0.3 is 0 Å². The Labute approximate surface area is 89.5 Å². The number of nitrogens with zero attached hydrogens (tertiary/aromatic N) is 2. The third-order valence-electron chi connectivity index (χ3n) is 2.58. The second-order valence-corrected chi connectivity index (χ2v) is 3.60. The summed E-state index contributed by atoms with van der Waals surface area (Å²) in [5, 5.41) is 4.25. The molecule has 3 nitrogen and oxygen atoms in total. The zero-order chi connectivity index (χ0) is 10.8. The summed E-state index contributed by atoms with van der Waals surface area (Å²) >= 11 is 0. The van der Waals surface area contributed by atoms with Crippen LogP contribution >= 0.6 is 0 Å². The Morgan fingerprint density at radius 2 is 2.13 bits per heavy atom. The second-order valence-electron chi connectivity index (χ2n) is 3.60. The molecule has 0 atom stereocenters. The van der Waals surface area contributed by atoms with Crippen LogP contribution in [0.2, 0.25) is 0 Å². The van der Waals surface area contributed by atoms with Crippen molar-refractivity contribution in [3.05, 3.63) is 36.0 Å². The lowest BCUT2D eigenvalue weighted by molar-refractivity contribution is 0.667. The first-order chi connectivity index (χ1) is 7.22. The monoisotopic (exact) mass is 201 g/mol. The third kappa shape index (κ3) is 1.73. The van der Waals surface area contributed by atoms with E-state index in [0.29, 0.717) is 0 Å². The summed E-state index contributed by atoms with van der Waals surface area (Å²) in [4.78, 5) is 0. The van der Waals surface area contributed by atoms with Gasteiger partial charge in [0.15, 0.2) is 0 Å². The average Bonchev–Trinajstić information content (AvgIpc) is 2.70. The molecule has 0 saturated heterocycles. The fraction of sp³-hybridized carbons (Fsp3) is 0.250. The molecule has 78 valence electrons. The molecule has 0 unspecified atom stereocenters. The van der Waals surface area contributed by atoms with Crippen LogP contribution in [-0.4, -0.2) is 9.78 Å². The highest BCUT2D eigenvalue weighted by atomic mass is 15.3. The predicted molar refractivity (Wildman–Crippen MR) is 62.5 cm³/mol. The van der Waals surface area contributed by atoms with Gasteiger partial charge in [0, 0.05) is 24.0 Å². The maximum Gasteiger partial charge on any atom is 0.0682 e. The van der Waals surface area contributed by atoms with Gasteiger partial charge in [0.25, 0.3) is 0 Å². The second kappa shape index (κ2) is 3.77. The molecule has 1 aromatic heterocycles. The summed E-state index contributed by atoms with van der Waals surface area (Å²) in [7, 11) is 0. The summed E-state index contributed by atoms with van der Waals surface area (Å²) in [5.41, 5.74) is 10.0. The van der Waals surface area contributed by atoms with Crippen molar-refractivity contribution in [3.8, 4) is 11.3 Å². The summed E-state index contributed by atoms with van der Waals surface area (Å²) in [6, 6.07) is 8.09. The van der Waals surface area contributed by atoms with Gasteiger partial charge in [-0.25, -0.2) is 0 Å². The van der Waals surface area contributed by atoms with E-state index in [1.165, 1.54) is 5.56 Å². The standard InChI is InChI=1S/C12H15N3/c1-3-15-12(6-7-14-15)10-4-5-11(13)9(2)8-10/h4-8H,3,13H2,1-2H3. The van der Waals surface area contributed by atoms with Gasteiger partial charge in [-0.1, -0.05) is 6.07 Å². The first-order valence-electron chi connectivity index (χ1n) is 5.10. The van der Waals surface area contributed by atoms with Crippen LogP contribution in [0.25, 0.3) is 11.3 Å². The van der Waals surface area contributed by atoms with Crippen LogP contribution in [0.3, 0.4) is 0 Å². The van der Waals surface area contributed by atoms with E-state index in [-0.39, 0.29) is 0 Å². The maximum absolute atomic E-state index is 5.79. The molecule has 0 fully saturated rings. The number of rotatable bonds is 2. The largest absolute Gasteiger partial charge is 0.399 e. The molecule has 0 saturated carbocycles. The zero-order valence-electron chi connectivity index (χ0n) is 9.07. The SMILES string of the molecule is CCn1nccc1-c1ccc(N)c(C)c1. The highest BCUT2D eigenvalue weighted by Gasteiger charge is 2.04. The van der Waals surface area contributed by atoms with E-state index in [0.717, 1.165) is 23.5 Å². The molecule has 15 heavy (non-hydrogen) atoms. The lowest BCUT2D eigenvalue weighted by Gasteiger charge is -2.07. The number of hydrogen-bond donors (Lipinski definition) is 1. The molecule has 3 heteroatoms. The van der Waals surface area contributed by atoms with Gasteiger partial charge in [0.05, 0.1) is 5.69 Å². The van der Waals surface area contributed by atoms with Crippen LogP contribution in [-0.2, 0) is 6.54 Å². The number of nitrogen functional groups attached to an aromatic ring is 1. The molecule has 2 aromatic rings. The minimum Gasteiger partial charge on any atom is -0.399 e. The van der Waals surface area contributed by atoms with Crippen molar-refractivity contribution >= 4 is 5.69 Å². The van der Waals surface area contributed by atoms with Crippen molar-refractivity contribution in [2.45, 2.75) is 20.4 Å². The maximum atomic E-state index is 5.79. The van der Waals surface area contributed by atoms with Gasteiger partial charge in [0.1, 0.15) is 0 Å². The molecular formula is C12H15N3. The van der Waals surface area contributed by atoms with Gasteiger partial charge in [0.2, 0.25) is 0 Å². The fourth-order valence-corrected chi connectivity index (χ4v) is 1.66. The number of nitrogens with two attached hydrogens (primary N) is 1. The fourth-order valence-electron chi connectivity index (χ4n) is 1.66. The Morgan fingerprint density at radius 1 is 1.33 bits per heavy atom. The van der Waals surface area contributed by atoms with Crippen molar-refractivity contribution < 1.29 is 0 Å². The molecule has 1 aromatic carbocycles. The Morgan fingerprint density at radius 3 is 2.80 bits per heavy atom. The van der Waals surface area contributed by atoms with E-state index in [1.807, 2.05) is 36.0 Å². The number of aryl methyl sites for hydroxylation is 2. The number of benzene rings is 1. The van der Waals surface area contributed by atoms with Crippen molar-refractivity contribution in [2.24, 2.45) is 0 Å². The van der Waals surface area contributed by atoms with Crippen LogP contribution in [0, 0.1) is 6.92 Å². The van der Waals surface area contributed by atoms with E-state index in [2.05, 4.69) is 18.1 Å². The summed E-state index contributed by atoms with van der Waals surface area (Å²) in [5.74, 6) is 0. The highest BCUT2D eigenvalue weighted by Crippen LogP contribution is 2.22. The normalized spacial score (nSPS) is 10.5. The Kier molecular flexibility index (Phi) is 2.46. The molecule has 2 N–H and O–H groups in total. The molecule has 0 spiro atoms. The molecule has 2 rings (SSSR count). The topological polar surface area (TPSA) is 43.8 Å². The molecule has 0 aliphatic rings. The van der Waals surface area contributed by atoms with Crippen molar-refractivity contribution in [3.63, 3.8) is 0 Å². The van der Waals surface area contributed by atoms with Crippen molar-refractivity contribution in [1.82, 2.24) is 9.78 Å². The molecule has 0 aliphatic carbocycles. The van der Waals surface area contributed by atoms with Crippen LogP contribution < -0.4 is 5.73 Å². The molecule has 0 amide bonds. The van der Waals surface area contributed by atoms with Crippen molar-refractivity contribution in [2.75, 3.05) is 5.73 Å². The molecule has 0 bridgehead atoms. The highest BCUT2D eigenvalue weighted by molar-refractivity contribution is 5.64. The van der Waals surface area contributed by atoms with E-state index in [9.17, 15) is 0 Å². The van der Waals surface area contributed by atoms with Crippen LogP contribution in [0.1, 0.15) is 12.5 Å². The van der Waals surface area contributed by atoms with Gasteiger partial charge < -0.3 is 5.73 Å². The first kappa shape index (κ1) is 9.77. The lowest BCUT2D eigenvalue weighted by Crippen LogP contribution is -1.99. The van der Waals surface area contributed by atoms with Gasteiger partial charge in [-0.2, -0.15) is 5.10 Å². The quantitative estimate of drug-likeness (QED) is 0.758. The lowest BCUT2D eigenvalue weighted by atomic mass is 10.1. The molecule has 0 aliphatic heterocycles. The van der Waals surface area contributed by atoms with Crippen LogP contribution in [0.5, 0.6) is 0 Å². The van der Waals surface area contributed by atoms with E-state index in [1.54, 1.807) is 0 Å². The molecular weight excluding hydrogens is 186 g/mol. The van der Waals surface area contributed by atoms with Gasteiger partial charge in [-0.05, 0) is 37.6 Å². The Hall–Kier alpha value is -1.77. The first-order valence-corrected chi connectivity index (χ1v) is 5.10. The Balaban J connectivity index is 2.50. The van der Waals surface area contributed by atoms with Crippen molar-refractivity contribution in [1.29, 1.82) is 0 Å². The smallest absolute Gasteiger partial charge is 0.0682 e. The molecule has 0 radical (unpaired) electrons. The predicted octanol–water partition coefficient (Wildman–Crippen LogP) is 2.46. The molecule has 1 heterocycles. The summed E-state index contributed by atoms with van der Waals surface area (Å²) in [6.45, 7) is 4.98. The third-order valence-corrected chi connectivity index (χ3v) is 2.58. The van der Waals surface area contributed by atoms with E-state index < -0.39 is 0 Å². The minimum absolute atomic E-state index is 0.835. The minimum atomic E-state index is 0.835. The van der Waals surface area contributed by atoms with Crippen LogP contribution in [0.15, 0.2) is 30.5 Å². The number of anilines is 1. The summed E-state index contributed by atoms with van der Waals surface area (Å²) < 4.78 is 1.98.